The number of nitrogens with one attached hydrogen (secondary N) is 2. The standard InChI is InChI=1S/C9H6FN3O4/c10-4-1-2-5-6(3-4)12-9(15)7(13(16)17)8(14)11-5/h1-3,7H,(H,11,14)(H,12,15). The highest BCUT2D eigenvalue weighted by Gasteiger charge is 2.40. The maximum Gasteiger partial charge on any atom is 0.366 e. The smallest absolute Gasteiger partial charge is 0.318 e. The largest absolute Gasteiger partial charge is 0.366 e. The van der Waals surface area contributed by atoms with E-state index >= 15 is 0 Å². The number of nitrogens with zero attached hydrogens (tertiary/aromatic N) is 1. The van der Waals surface area contributed by atoms with Gasteiger partial charge in [0.05, 0.1) is 11.4 Å². The Hall–Kier alpha value is -2.51. The summed E-state index contributed by atoms with van der Waals surface area (Å²) in [6.07, 6.45) is 0. The van der Waals surface area contributed by atoms with Gasteiger partial charge in [0.1, 0.15) is 5.82 Å². The van der Waals surface area contributed by atoms with E-state index in [4.69, 9.17) is 0 Å². The van der Waals surface area contributed by atoms with Crippen LogP contribution in [0.25, 0.3) is 0 Å². The Bertz CT molecular complexity index is 531. The minimum atomic E-state index is -2.04. The Morgan fingerprint density at radius 2 is 1.76 bits per heavy atom. The van der Waals surface area contributed by atoms with E-state index < -0.39 is 28.6 Å². The fourth-order valence-corrected chi connectivity index (χ4v) is 1.44. The van der Waals surface area contributed by atoms with Crippen molar-refractivity contribution in [2.75, 3.05) is 10.6 Å². The molecule has 1 aromatic carbocycles. The van der Waals surface area contributed by atoms with E-state index in [1.54, 1.807) is 0 Å². The van der Waals surface area contributed by atoms with Crippen LogP contribution in [-0.4, -0.2) is 22.8 Å². The van der Waals surface area contributed by atoms with Gasteiger partial charge in [0.2, 0.25) is 0 Å². The van der Waals surface area contributed by atoms with Crippen molar-refractivity contribution in [3.63, 3.8) is 0 Å². The number of halogens is 1. The first kappa shape index (κ1) is 11.0. The van der Waals surface area contributed by atoms with Gasteiger partial charge in [0, 0.05) is 4.92 Å². The minimum Gasteiger partial charge on any atom is -0.318 e. The van der Waals surface area contributed by atoms with Crippen LogP contribution in [0.4, 0.5) is 15.8 Å². The average Bonchev–Trinajstić information content (AvgIpc) is 2.32. The molecule has 0 radical (unpaired) electrons. The van der Waals surface area contributed by atoms with E-state index in [1.165, 1.54) is 6.07 Å². The molecule has 2 rings (SSSR count). The molecule has 1 unspecified atom stereocenters. The monoisotopic (exact) mass is 239 g/mol. The molecular formula is C9H6FN3O4. The number of hydrogen-bond acceptors (Lipinski definition) is 4. The molecule has 7 nitrogen and oxygen atoms in total. The molecular weight excluding hydrogens is 233 g/mol. The zero-order valence-electron chi connectivity index (χ0n) is 8.27. The van der Waals surface area contributed by atoms with Crippen molar-refractivity contribution >= 4 is 23.2 Å². The molecule has 0 spiro atoms. The molecule has 0 saturated heterocycles. The molecule has 17 heavy (non-hydrogen) atoms. The van der Waals surface area contributed by atoms with Gasteiger partial charge in [-0.1, -0.05) is 0 Å². The number of benzene rings is 1. The molecule has 1 aliphatic rings. The maximum atomic E-state index is 12.9. The maximum absolute atomic E-state index is 12.9. The van der Waals surface area contributed by atoms with E-state index in [-0.39, 0.29) is 11.4 Å². The first-order chi connectivity index (χ1) is 7.99. The third-order valence-electron chi connectivity index (χ3n) is 2.20. The van der Waals surface area contributed by atoms with Gasteiger partial charge in [0.25, 0.3) is 0 Å². The molecule has 1 aromatic rings. The second-order valence-corrected chi connectivity index (χ2v) is 3.36. The van der Waals surface area contributed by atoms with Gasteiger partial charge in [0.15, 0.2) is 0 Å². The highest BCUT2D eigenvalue weighted by molar-refractivity contribution is 6.17. The van der Waals surface area contributed by atoms with Crippen LogP contribution in [0.5, 0.6) is 0 Å². The predicted octanol–water partition coefficient (Wildman–Crippen LogP) is 0.362. The van der Waals surface area contributed by atoms with E-state index in [0.717, 1.165) is 12.1 Å². The highest BCUT2D eigenvalue weighted by atomic mass is 19.1. The number of nitro groups is 1. The van der Waals surface area contributed by atoms with E-state index in [9.17, 15) is 24.1 Å². The van der Waals surface area contributed by atoms with E-state index in [1.807, 2.05) is 0 Å². The Kier molecular flexibility index (Phi) is 2.47. The summed E-state index contributed by atoms with van der Waals surface area (Å²) >= 11 is 0. The van der Waals surface area contributed by atoms with Crippen LogP contribution >= 0.6 is 0 Å². The molecule has 8 heteroatoms. The second kappa shape index (κ2) is 3.81. The first-order valence-corrected chi connectivity index (χ1v) is 4.54. The molecule has 1 atom stereocenters. The lowest BCUT2D eigenvalue weighted by Gasteiger charge is -2.04. The molecule has 2 amide bonds. The quantitative estimate of drug-likeness (QED) is 0.419. The summed E-state index contributed by atoms with van der Waals surface area (Å²) in [7, 11) is 0. The molecule has 88 valence electrons. The van der Waals surface area contributed by atoms with Gasteiger partial charge in [-0.3, -0.25) is 19.7 Å². The van der Waals surface area contributed by atoms with E-state index in [0.29, 0.717) is 0 Å². The van der Waals surface area contributed by atoms with Gasteiger partial charge in [-0.2, -0.15) is 0 Å². The third-order valence-corrected chi connectivity index (χ3v) is 2.20. The van der Waals surface area contributed by atoms with Crippen LogP contribution < -0.4 is 10.6 Å². The Balaban J connectivity index is 2.45. The topological polar surface area (TPSA) is 101 Å². The van der Waals surface area contributed by atoms with Crippen molar-refractivity contribution in [1.82, 2.24) is 0 Å². The van der Waals surface area contributed by atoms with Crippen LogP contribution in [0.1, 0.15) is 0 Å². The SMILES string of the molecule is O=C1Nc2ccc(F)cc2NC(=O)C1[N+](=O)[O-]. The fraction of sp³-hybridized carbons (Fsp3) is 0.111. The minimum absolute atomic E-state index is 0.00676. The number of rotatable bonds is 1. The number of carbonyl (C=O) groups is 2. The number of carbonyl (C=O) groups excluding carboxylic acids is 2. The van der Waals surface area contributed by atoms with Gasteiger partial charge in [-0.15, -0.1) is 0 Å². The van der Waals surface area contributed by atoms with Crippen molar-refractivity contribution in [2.45, 2.75) is 6.04 Å². The first-order valence-electron chi connectivity index (χ1n) is 4.54. The van der Waals surface area contributed by atoms with Crippen LogP contribution in [0.3, 0.4) is 0 Å². The number of anilines is 2. The van der Waals surface area contributed by atoms with Crippen LogP contribution in [0.15, 0.2) is 18.2 Å². The Labute approximate surface area is 93.8 Å². The summed E-state index contributed by atoms with van der Waals surface area (Å²) in [5, 5.41) is 14.9. The van der Waals surface area contributed by atoms with Gasteiger partial charge in [-0.05, 0) is 18.2 Å². The van der Waals surface area contributed by atoms with Crippen LogP contribution in [-0.2, 0) is 9.59 Å². The summed E-state index contributed by atoms with van der Waals surface area (Å²) in [5.41, 5.74) is 0.113. The zero-order valence-corrected chi connectivity index (χ0v) is 8.27. The highest BCUT2D eigenvalue weighted by Crippen LogP contribution is 2.25. The molecule has 2 N–H and O–H groups in total. The molecule has 0 aliphatic carbocycles. The average molecular weight is 239 g/mol. The summed E-state index contributed by atoms with van der Waals surface area (Å²) < 4.78 is 12.9. The lowest BCUT2D eigenvalue weighted by molar-refractivity contribution is -0.492. The van der Waals surface area contributed by atoms with Crippen molar-refractivity contribution in [2.24, 2.45) is 0 Å². The number of amides is 2. The molecule has 1 aliphatic heterocycles. The van der Waals surface area contributed by atoms with Crippen molar-refractivity contribution < 1.29 is 18.9 Å². The molecule has 1 heterocycles. The van der Waals surface area contributed by atoms with Crippen LogP contribution in [0.2, 0.25) is 0 Å². The number of fused-ring (bicyclic) bond motifs is 1. The normalized spacial score (nSPS) is 18.8. The molecule has 0 saturated carbocycles. The van der Waals surface area contributed by atoms with E-state index in [2.05, 4.69) is 10.6 Å². The lowest BCUT2D eigenvalue weighted by Crippen LogP contribution is -2.42. The van der Waals surface area contributed by atoms with Crippen LogP contribution in [0, 0.1) is 15.9 Å². The summed E-state index contributed by atoms with van der Waals surface area (Å²) in [6.45, 7) is 0. The fourth-order valence-electron chi connectivity index (χ4n) is 1.44. The molecule has 0 fully saturated rings. The predicted molar refractivity (Wildman–Crippen MR) is 54.4 cm³/mol. The van der Waals surface area contributed by atoms with Gasteiger partial charge < -0.3 is 10.6 Å². The Morgan fingerprint density at radius 3 is 2.35 bits per heavy atom. The molecule has 0 bridgehead atoms. The van der Waals surface area contributed by atoms with Crippen molar-refractivity contribution in [3.8, 4) is 0 Å². The summed E-state index contributed by atoms with van der Waals surface area (Å²) in [6, 6.07) is 1.21. The number of hydrogen-bond donors (Lipinski definition) is 2. The van der Waals surface area contributed by atoms with Crippen molar-refractivity contribution in [1.29, 1.82) is 0 Å². The summed E-state index contributed by atoms with van der Waals surface area (Å²) in [4.78, 5) is 32.4. The lowest BCUT2D eigenvalue weighted by atomic mass is 10.2. The third kappa shape index (κ3) is 1.92. The zero-order chi connectivity index (χ0) is 12.6. The second-order valence-electron chi connectivity index (χ2n) is 3.36. The van der Waals surface area contributed by atoms with Gasteiger partial charge >= 0.3 is 17.9 Å². The van der Waals surface area contributed by atoms with Crippen molar-refractivity contribution in [3.05, 3.63) is 34.1 Å². The summed E-state index contributed by atoms with van der Waals surface area (Å²) in [5.74, 6) is -2.78. The van der Waals surface area contributed by atoms with Gasteiger partial charge in [-0.25, -0.2) is 4.39 Å². The Morgan fingerprint density at radius 1 is 1.18 bits per heavy atom. The molecule has 0 aromatic heterocycles.